The molecule has 8 nitrogen and oxygen atoms in total. The van der Waals surface area contributed by atoms with E-state index in [-0.39, 0.29) is 6.03 Å². The molecule has 1 unspecified atom stereocenters. The minimum Gasteiger partial charge on any atom is -0.444 e. The number of likely N-dealkylation sites (tertiary alicyclic amines) is 1. The number of nitrogens with zero attached hydrogens (tertiary/aromatic N) is 6. The molecule has 2 aromatic heterocycles. The van der Waals surface area contributed by atoms with Crippen molar-refractivity contribution in [1.82, 2.24) is 24.6 Å². The van der Waals surface area contributed by atoms with Crippen LogP contribution >= 0.6 is 0 Å². The number of anilines is 1. The van der Waals surface area contributed by atoms with Crippen LogP contribution < -0.4 is 4.90 Å². The molecule has 2 aliphatic rings. The molecule has 2 saturated heterocycles. The highest BCUT2D eigenvalue weighted by atomic mass is 16.4. The van der Waals surface area contributed by atoms with E-state index in [9.17, 15) is 4.79 Å². The molecule has 0 spiro atoms. The van der Waals surface area contributed by atoms with E-state index in [1.54, 1.807) is 16.0 Å². The second-order valence-electron chi connectivity index (χ2n) is 7.52. The molecule has 4 heterocycles. The van der Waals surface area contributed by atoms with Crippen LogP contribution in [-0.2, 0) is 6.54 Å². The van der Waals surface area contributed by atoms with Gasteiger partial charge in [0.05, 0.1) is 30.7 Å². The highest BCUT2D eigenvalue weighted by Crippen LogP contribution is 2.26. The molecule has 0 radical (unpaired) electrons. The predicted octanol–water partition coefficient (Wildman–Crippen LogP) is 2.31. The van der Waals surface area contributed by atoms with E-state index < -0.39 is 0 Å². The first-order valence-electron chi connectivity index (χ1n) is 9.25. The van der Waals surface area contributed by atoms with Gasteiger partial charge in [0.25, 0.3) is 0 Å². The lowest BCUT2D eigenvalue weighted by Crippen LogP contribution is -2.28. The maximum Gasteiger partial charge on any atom is 0.324 e. The summed E-state index contributed by atoms with van der Waals surface area (Å²) in [5.74, 6) is 2.08. The first-order chi connectivity index (χ1) is 12.5. The first-order valence-corrected chi connectivity index (χ1v) is 9.25. The van der Waals surface area contributed by atoms with Crippen LogP contribution in [0.4, 0.5) is 10.5 Å². The predicted molar refractivity (Wildman–Crippen MR) is 97.1 cm³/mol. The summed E-state index contributed by atoms with van der Waals surface area (Å²) in [6.45, 7) is 8.32. The molecule has 2 aromatic rings. The summed E-state index contributed by atoms with van der Waals surface area (Å²) in [6, 6.07) is 0.362. The van der Waals surface area contributed by atoms with Crippen LogP contribution in [0.5, 0.6) is 0 Å². The Labute approximate surface area is 153 Å². The van der Waals surface area contributed by atoms with Crippen LogP contribution in [0.3, 0.4) is 0 Å². The van der Waals surface area contributed by atoms with Gasteiger partial charge < -0.3 is 9.32 Å². The number of urea groups is 1. The number of oxazole rings is 1. The number of carbonyl (C=O) groups excluding carboxylic acids is 1. The fourth-order valence-electron chi connectivity index (χ4n) is 3.58. The number of rotatable bonds is 5. The summed E-state index contributed by atoms with van der Waals surface area (Å²) in [7, 11) is 1.83. The highest BCUT2D eigenvalue weighted by molar-refractivity contribution is 5.93. The summed E-state index contributed by atoms with van der Waals surface area (Å²) < 4.78 is 7.81. The van der Waals surface area contributed by atoms with Gasteiger partial charge in [-0.05, 0) is 6.42 Å². The number of amides is 2. The van der Waals surface area contributed by atoms with Crippen LogP contribution in [0.2, 0.25) is 0 Å². The zero-order valence-corrected chi connectivity index (χ0v) is 15.6. The third-order valence-corrected chi connectivity index (χ3v) is 5.24. The van der Waals surface area contributed by atoms with Crippen molar-refractivity contribution >= 4 is 11.7 Å². The van der Waals surface area contributed by atoms with Crippen molar-refractivity contribution in [3.05, 3.63) is 30.2 Å². The molecule has 8 heteroatoms. The number of carbonyl (C=O) groups is 1. The molecule has 2 amide bonds. The molecule has 0 aliphatic carbocycles. The van der Waals surface area contributed by atoms with Crippen molar-refractivity contribution in [2.45, 2.75) is 38.8 Å². The lowest BCUT2D eigenvalue weighted by atomic mass is 10.2. The van der Waals surface area contributed by atoms with E-state index >= 15 is 0 Å². The topological polar surface area (TPSA) is 70.6 Å². The van der Waals surface area contributed by atoms with Crippen molar-refractivity contribution < 1.29 is 9.21 Å². The van der Waals surface area contributed by atoms with Gasteiger partial charge in [0.15, 0.2) is 0 Å². The first kappa shape index (κ1) is 17.1. The van der Waals surface area contributed by atoms with Gasteiger partial charge in [-0.2, -0.15) is 5.10 Å². The Morgan fingerprint density at radius 1 is 1.27 bits per heavy atom. The number of hydrogen-bond donors (Lipinski definition) is 0. The van der Waals surface area contributed by atoms with Gasteiger partial charge in [-0.1, -0.05) is 13.8 Å². The van der Waals surface area contributed by atoms with Gasteiger partial charge in [0.2, 0.25) is 5.89 Å². The van der Waals surface area contributed by atoms with Gasteiger partial charge in [0, 0.05) is 45.3 Å². The van der Waals surface area contributed by atoms with Crippen molar-refractivity contribution in [3.8, 4) is 0 Å². The average molecular weight is 358 g/mol. The van der Waals surface area contributed by atoms with Crippen molar-refractivity contribution in [3.63, 3.8) is 0 Å². The summed E-state index contributed by atoms with van der Waals surface area (Å²) in [5, 5.41) is 4.51. The van der Waals surface area contributed by atoms with E-state index in [1.807, 2.05) is 24.1 Å². The fraction of sp³-hybridized carbons (Fsp3) is 0.611. The second kappa shape index (κ2) is 6.75. The Bertz CT molecular complexity index is 782. The van der Waals surface area contributed by atoms with Gasteiger partial charge in [0.1, 0.15) is 5.76 Å². The van der Waals surface area contributed by atoms with Crippen molar-refractivity contribution in [2.75, 3.05) is 38.1 Å². The molecule has 2 aliphatic heterocycles. The fourth-order valence-corrected chi connectivity index (χ4v) is 3.58. The minimum absolute atomic E-state index is 0.0439. The molecule has 2 fully saturated rings. The molecular weight excluding hydrogens is 332 g/mol. The van der Waals surface area contributed by atoms with E-state index in [1.165, 1.54) is 0 Å². The maximum absolute atomic E-state index is 12.1. The van der Waals surface area contributed by atoms with Gasteiger partial charge >= 0.3 is 6.03 Å². The van der Waals surface area contributed by atoms with Gasteiger partial charge in [-0.3, -0.25) is 14.5 Å². The molecule has 0 aromatic carbocycles. The van der Waals surface area contributed by atoms with Crippen LogP contribution in [0.15, 0.2) is 23.0 Å². The van der Waals surface area contributed by atoms with E-state index in [4.69, 9.17) is 4.42 Å². The Morgan fingerprint density at radius 2 is 2.12 bits per heavy atom. The van der Waals surface area contributed by atoms with E-state index in [2.05, 4.69) is 28.8 Å². The summed E-state index contributed by atoms with van der Waals surface area (Å²) in [5.41, 5.74) is 0.882. The Hall–Kier alpha value is -2.35. The monoisotopic (exact) mass is 358 g/mol. The molecule has 0 saturated carbocycles. The van der Waals surface area contributed by atoms with E-state index in [0.717, 1.165) is 56.5 Å². The summed E-state index contributed by atoms with van der Waals surface area (Å²) >= 11 is 0. The third kappa shape index (κ3) is 3.21. The molecule has 1 atom stereocenters. The molecule has 140 valence electrons. The van der Waals surface area contributed by atoms with Crippen LogP contribution in [0.25, 0.3) is 0 Å². The normalized spacial score (nSPS) is 21.5. The smallest absolute Gasteiger partial charge is 0.324 e. The quantitative estimate of drug-likeness (QED) is 0.820. The molecule has 0 N–H and O–H groups in total. The van der Waals surface area contributed by atoms with Gasteiger partial charge in [-0.15, -0.1) is 0 Å². The van der Waals surface area contributed by atoms with Crippen molar-refractivity contribution in [1.29, 1.82) is 0 Å². The zero-order valence-electron chi connectivity index (χ0n) is 15.6. The Balaban J connectivity index is 1.37. The second-order valence-corrected chi connectivity index (χ2v) is 7.52. The zero-order chi connectivity index (χ0) is 18.3. The Kier molecular flexibility index (Phi) is 4.44. The average Bonchev–Trinajstić information content (AvgIpc) is 3.37. The maximum atomic E-state index is 12.1. The van der Waals surface area contributed by atoms with Crippen molar-refractivity contribution in [2.24, 2.45) is 0 Å². The third-order valence-electron chi connectivity index (χ3n) is 5.24. The lowest BCUT2D eigenvalue weighted by molar-refractivity contribution is 0.229. The largest absolute Gasteiger partial charge is 0.444 e. The Morgan fingerprint density at radius 3 is 2.81 bits per heavy atom. The SMILES string of the molecule is CC(C)c1cnc(CN2CCC(n3cc(N4CCN(C)C4=O)cn3)C2)o1. The molecule has 4 rings (SSSR count). The van der Waals surface area contributed by atoms with Gasteiger partial charge in [-0.25, -0.2) is 9.78 Å². The number of hydrogen-bond acceptors (Lipinski definition) is 5. The van der Waals surface area contributed by atoms with E-state index in [0.29, 0.717) is 12.0 Å². The molecule has 26 heavy (non-hydrogen) atoms. The summed E-state index contributed by atoms with van der Waals surface area (Å²) in [4.78, 5) is 22.4. The van der Waals surface area contributed by atoms with Crippen LogP contribution in [0.1, 0.15) is 43.9 Å². The number of aromatic nitrogens is 3. The van der Waals surface area contributed by atoms with Crippen LogP contribution in [0, 0.1) is 0 Å². The van der Waals surface area contributed by atoms with Crippen LogP contribution in [-0.4, -0.2) is 63.8 Å². The highest BCUT2D eigenvalue weighted by Gasteiger charge is 2.30. The standard InChI is InChI=1S/C18H26N6O2/c1-13(2)16-9-19-17(26-16)12-22-5-4-14(10-22)24-11-15(8-20-24)23-7-6-21(3)18(23)25/h8-9,11,13-14H,4-7,10,12H2,1-3H3. The molecular formula is C18H26N6O2. The summed E-state index contributed by atoms with van der Waals surface area (Å²) in [6.07, 6.45) is 6.65. The minimum atomic E-state index is 0.0439. The number of likely N-dealkylation sites (N-methyl/N-ethyl adjacent to an activating group) is 1. The lowest BCUT2D eigenvalue weighted by Gasteiger charge is -2.15. The molecule has 0 bridgehead atoms.